The second kappa shape index (κ2) is 6.80. The van der Waals surface area contributed by atoms with E-state index in [-0.39, 0.29) is 0 Å². The third-order valence-electron chi connectivity index (χ3n) is 3.22. The van der Waals surface area contributed by atoms with Gasteiger partial charge >= 0.3 is 0 Å². The lowest BCUT2D eigenvalue weighted by Crippen LogP contribution is -2.21. The Balaban J connectivity index is 2.00. The Morgan fingerprint density at radius 1 is 1.05 bits per heavy atom. The van der Waals surface area contributed by atoms with Crippen LogP contribution in [0.4, 0.5) is 5.82 Å². The van der Waals surface area contributed by atoms with Crippen LogP contribution in [0.15, 0.2) is 42.6 Å². The van der Waals surface area contributed by atoms with Crippen LogP contribution in [-0.2, 0) is 6.42 Å². The molecule has 1 aromatic heterocycles. The van der Waals surface area contributed by atoms with E-state index in [2.05, 4.69) is 16.0 Å². The van der Waals surface area contributed by atoms with Crippen LogP contribution in [0, 0.1) is 0 Å². The molecule has 2 aromatic rings. The van der Waals surface area contributed by atoms with Crippen LogP contribution in [0.1, 0.15) is 5.56 Å². The summed E-state index contributed by atoms with van der Waals surface area (Å²) in [5, 5.41) is 0. The van der Waals surface area contributed by atoms with Gasteiger partial charge < -0.3 is 14.4 Å². The maximum absolute atomic E-state index is 5.32. The standard InChI is InChI=1S/C16H20N2O2/c1-18(16-6-4-5-10-17-16)11-9-13-7-8-14(19-2)15(12-13)20-3/h4-8,10,12H,9,11H2,1-3H3. The van der Waals surface area contributed by atoms with Crippen molar-refractivity contribution in [3.8, 4) is 11.5 Å². The smallest absolute Gasteiger partial charge is 0.160 e. The maximum atomic E-state index is 5.32. The van der Waals surface area contributed by atoms with Crippen LogP contribution in [0.5, 0.6) is 11.5 Å². The summed E-state index contributed by atoms with van der Waals surface area (Å²) in [5.74, 6) is 2.51. The van der Waals surface area contributed by atoms with E-state index in [1.54, 1.807) is 14.2 Å². The highest BCUT2D eigenvalue weighted by atomic mass is 16.5. The minimum Gasteiger partial charge on any atom is -0.493 e. The lowest BCUT2D eigenvalue weighted by atomic mass is 10.1. The Morgan fingerprint density at radius 2 is 1.85 bits per heavy atom. The average molecular weight is 272 g/mol. The van der Waals surface area contributed by atoms with Gasteiger partial charge in [-0.15, -0.1) is 0 Å². The first-order valence-electron chi connectivity index (χ1n) is 6.57. The third-order valence-corrected chi connectivity index (χ3v) is 3.22. The second-order valence-corrected chi connectivity index (χ2v) is 4.55. The van der Waals surface area contributed by atoms with Crippen molar-refractivity contribution in [2.45, 2.75) is 6.42 Å². The van der Waals surface area contributed by atoms with Gasteiger partial charge in [-0.1, -0.05) is 12.1 Å². The van der Waals surface area contributed by atoms with Gasteiger partial charge in [-0.3, -0.25) is 0 Å². The first kappa shape index (κ1) is 14.2. The Morgan fingerprint density at radius 3 is 2.50 bits per heavy atom. The highest BCUT2D eigenvalue weighted by molar-refractivity contribution is 5.43. The van der Waals surface area contributed by atoms with Gasteiger partial charge in [-0.2, -0.15) is 0 Å². The molecule has 0 amide bonds. The number of hydrogen-bond acceptors (Lipinski definition) is 4. The molecule has 2 rings (SSSR count). The first-order valence-corrected chi connectivity index (χ1v) is 6.57. The van der Waals surface area contributed by atoms with E-state index in [0.717, 1.165) is 30.3 Å². The normalized spacial score (nSPS) is 10.2. The number of anilines is 1. The number of benzene rings is 1. The number of rotatable bonds is 6. The van der Waals surface area contributed by atoms with E-state index in [1.165, 1.54) is 5.56 Å². The molecule has 1 aromatic carbocycles. The molecule has 0 saturated heterocycles. The lowest BCUT2D eigenvalue weighted by molar-refractivity contribution is 0.354. The van der Waals surface area contributed by atoms with Gasteiger partial charge in [0.2, 0.25) is 0 Å². The number of methoxy groups -OCH3 is 2. The van der Waals surface area contributed by atoms with Gasteiger partial charge in [-0.25, -0.2) is 4.98 Å². The van der Waals surface area contributed by atoms with Crippen molar-refractivity contribution in [3.05, 3.63) is 48.2 Å². The Bertz CT molecular complexity index is 543. The molecule has 0 aliphatic rings. The zero-order valence-corrected chi connectivity index (χ0v) is 12.2. The highest BCUT2D eigenvalue weighted by Crippen LogP contribution is 2.27. The van der Waals surface area contributed by atoms with Crippen molar-refractivity contribution in [2.24, 2.45) is 0 Å². The van der Waals surface area contributed by atoms with E-state index >= 15 is 0 Å². The number of nitrogens with zero attached hydrogens (tertiary/aromatic N) is 2. The molecular formula is C16H20N2O2. The Labute approximate surface area is 120 Å². The minimum absolute atomic E-state index is 0.759. The van der Waals surface area contributed by atoms with Crippen molar-refractivity contribution in [1.82, 2.24) is 4.98 Å². The summed E-state index contributed by atoms with van der Waals surface area (Å²) in [4.78, 5) is 6.47. The summed E-state index contributed by atoms with van der Waals surface area (Å²) in [5.41, 5.74) is 1.21. The summed E-state index contributed by atoms with van der Waals surface area (Å²) in [6, 6.07) is 11.9. The summed E-state index contributed by atoms with van der Waals surface area (Å²) >= 11 is 0. The molecule has 0 fully saturated rings. The third kappa shape index (κ3) is 3.41. The summed E-state index contributed by atoms with van der Waals surface area (Å²) in [7, 11) is 5.34. The topological polar surface area (TPSA) is 34.6 Å². The fraction of sp³-hybridized carbons (Fsp3) is 0.312. The molecule has 0 aliphatic heterocycles. The van der Waals surface area contributed by atoms with E-state index in [4.69, 9.17) is 9.47 Å². The van der Waals surface area contributed by atoms with Crippen LogP contribution in [0.25, 0.3) is 0 Å². The molecule has 0 bridgehead atoms. The lowest BCUT2D eigenvalue weighted by Gasteiger charge is -2.18. The van der Waals surface area contributed by atoms with Crippen molar-refractivity contribution >= 4 is 5.82 Å². The molecule has 0 unspecified atom stereocenters. The van der Waals surface area contributed by atoms with Crippen molar-refractivity contribution in [1.29, 1.82) is 0 Å². The van der Waals surface area contributed by atoms with Gasteiger partial charge in [0, 0.05) is 19.8 Å². The van der Waals surface area contributed by atoms with E-state index in [1.807, 2.05) is 43.6 Å². The second-order valence-electron chi connectivity index (χ2n) is 4.55. The SMILES string of the molecule is COc1ccc(CCN(C)c2ccccn2)cc1OC. The maximum Gasteiger partial charge on any atom is 0.160 e. The predicted molar refractivity (Wildman–Crippen MR) is 80.8 cm³/mol. The van der Waals surface area contributed by atoms with Crippen LogP contribution in [0.3, 0.4) is 0 Å². The fourth-order valence-corrected chi connectivity index (χ4v) is 2.03. The number of pyridine rings is 1. The van der Waals surface area contributed by atoms with Gasteiger partial charge in [-0.05, 0) is 36.2 Å². The molecule has 0 spiro atoms. The number of hydrogen-bond donors (Lipinski definition) is 0. The average Bonchev–Trinajstić information content (AvgIpc) is 2.53. The highest BCUT2D eigenvalue weighted by Gasteiger charge is 2.06. The predicted octanol–water partition coefficient (Wildman–Crippen LogP) is 2.78. The summed E-state index contributed by atoms with van der Waals surface area (Å²) < 4.78 is 10.6. The van der Waals surface area contributed by atoms with E-state index < -0.39 is 0 Å². The quantitative estimate of drug-likeness (QED) is 0.810. The van der Waals surface area contributed by atoms with Crippen molar-refractivity contribution in [2.75, 3.05) is 32.7 Å². The Kier molecular flexibility index (Phi) is 4.82. The fourth-order valence-electron chi connectivity index (χ4n) is 2.03. The zero-order chi connectivity index (χ0) is 14.4. The molecule has 106 valence electrons. The molecule has 0 atom stereocenters. The van der Waals surface area contributed by atoms with Crippen molar-refractivity contribution in [3.63, 3.8) is 0 Å². The van der Waals surface area contributed by atoms with E-state index in [0.29, 0.717) is 0 Å². The van der Waals surface area contributed by atoms with Gasteiger partial charge in [0.25, 0.3) is 0 Å². The van der Waals surface area contributed by atoms with Gasteiger partial charge in [0.05, 0.1) is 14.2 Å². The largest absolute Gasteiger partial charge is 0.493 e. The van der Waals surface area contributed by atoms with Crippen LogP contribution in [0.2, 0.25) is 0 Å². The molecule has 0 N–H and O–H groups in total. The molecule has 4 heteroatoms. The number of aromatic nitrogens is 1. The summed E-state index contributed by atoms with van der Waals surface area (Å²) in [6.07, 6.45) is 2.73. The number of ether oxygens (including phenoxy) is 2. The number of likely N-dealkylation sites (N-methyl/N-ethyl adjacent to an activating group) is 1. The van der Waals surface area contributed by atoms with Crippen LogP contribution in [-0.4, -0.2) is 32.8 Å². The Hall–Kier alpha value is -2.23. The zero-order valence-electron chi connectivity index (χ0n) is 12.2. The monoisotopic (exact) mass is 272 g/mol. The van der Waals surface area contributed by atoms with Crippen LogP contribution >= 0.6 is 0 Å². The molecular weight excluding hydrogens is 252 g/mol. The van der Waals surface area contributed by atoms with Crippen molar-refractivity contribution < 1.29 is 9.47 Å². The molecule has 0 radical (unpaired) electrons. The first-order chi connectivity index (χ1) is 9.74. The van der Waals surface area contributed by atoms with Gasteiger partial charge in [0.1, 0.15) is 5.82 Å². The molecule has 0 aliphatic carbocycles. The molecule has 20 heavy (non-hydrogen) atoms. The van der Waals surface area contributed by atoms with Gasteiger partial charge in [0.15, 0.2) is 11.5 Å². The summed E-state index contributed by atoms with van der Waals surface area (Å²) in [6.45, 7) is 0.895. The molecule has 0 saturated carbocycles. The minimum atomic E-state index is 0.759. The molecule has 1 heterocycles. The molecule has 4 nitrogen and oxygen atoms in total. The van der Waals surface area contributed by atoms with E-state index in [9.17, 15) is 0 Å². The van der Waals surface area contributed by atoms with Crippen LogP contribution < -0.4 is 14.4 Å².